The molecule has 0 aromatic heterocycles. The summed E-state index contributed by atoms with van der Waals surface area (Å²) in [4.78, 5) is 14.5. The second-order valence-electron chi connectivity index (χ2n) is 5.58. The number of amides is 1. The van der Waals surface area contributed by atoms with Crippen LogP contribution in [-0.2, 0) is 4.79 Å². The van der Waals surface area contributed by atoms with E-state index < -0.39 is 0 Å². The monoisotopic (exact) mass is 271 g/mol. The van der Waals surface area contributed by atoms with Crippen molar-refractivity contribution in [1.29, 1.82) is 5.26 Å². The van der Waals surface area contributed by atoms with Crippen molar-refractivity contribution >= 4 is 11.6 Å². The van der Waals surface area contributed by atoms with Crippen LogP contribution in [-0.4, -0.2) is 29.9 Å². The van der Waals surface area contributed by atoms with Gasteiger partial charge in [0.25, 0.3) is 0 Å². The number of anilines is 1. The lowest BCUT2D eigenvalue weighted by Crippen LogP contribution is -2.45. The molecule has 1 aliphatic rings. The van der Waals surface area contributed by atoms with Crippen molar-refractivity contribution in [1.82, 2.24) is 4.90 Å². The van der Waals surface area contributed by atoms with E-state index in [2.05, 4.69) is 23.2 Å². The van der Waals surface area contributed by atoms with Crippen LogP contribution in [0.3, 0.4) is 0 Å². The van der Waals surface area contributed by atoms with Gasteiger partial charge in [-0.3, -0.25) is 9.69 Å². The summed E-state index contributed by atoms with van der Waals surface area (Å²) >= 11 is 0. The van der Waals surface area contributed by atoms with Crippen LogP contribution in [0.15, 0.2) is 24.3 Å². The van der Waals surface area contributed by atoms with Crippen molar-refractivity contribution in [2.24, 2.45) is 5.92 Å². The Morgan fingerprint density at radius 1 is 1.45 bits per heavy atom. The van der Waals surface area contributed by atoms with E-state index in [9.17, 15) is 4.79 Å². The Morgan fingerprint density at radius 3 is 2.80 bits per heavy atom. The van der Waals surface area contributed by atoms with Crippen molar-refractivity contribution < 1.29 is 4.79 Å². The Labute approximate surface area is 120 Å². The molecule has 2 rings (SSSR count). The molecular formula is C16H21N3O. The summed E-state index contributed by atoms with van der Waals surface area (Å²) in [6.07, 6.45) is 2.31. The quantitative estimate of drug-likeness (QED) is 0.919. The van der Waals surface area contributed by atoms with E-state index in [0.29, 0.717) is 11.3 Å². The number of nitrogens with zero attached hydrogens (tertiary/aromatic N) is 2. The Hall–Kier alpha value is -1.86. The van der Waals surface area contributed by atoms with Gasteiger partial charge in [0.2, 0.25) is 5.91 Å². The summed E-state index contributed by atoms with van der Waals surface area (Å²) in [5.74, 6) is 0.753. The molecule has 0 saturated carbocycles. The van der Waals surface area contributed by atoms with Gasteiger partial charge < -0.3 is 5.32 Å². The van der Waals surface area contributed by atoms with E-state index in [4.69, 9.17) is 5.26 Å². The number of benzene rings is 1. The summed E-state index contributed by atoms with van der Waals surface area (Å²) in [6.45, 7) is 6.16. The zero-order chi connectivity index (χ0) is 14.5. The van der Waals surface area contributed by atoms with Crippen LogP contribution in [0.2, 0.25) is 0 Å². The number of nitrogens with one attached hydrogen (secondary N) is 1. The maximum Gasteiger partial charge on any atom is 0.241 e. The average molecular weight is 271 g/mol. The molecule has 1 amide bonds. The van der Waals surface area contributed by atoms with Crippen LogP contribution in [0.4, 0.5) is 5.69 Å². The van der Waals surface area contributed by atoms with Gasteiger partial charge >= 0.3 is 0 Å². The second-order valence-corrected chi connectivity index (χ2v) is 5.58. The fourth-order valence-corrected chi connectivity index (χ4v) is 2.49. The summed E-state index contributed by atoms with van der Waals surface area (Å²) in [5.41, 5.74) is 1.24. The topological polar surface area (TPSA) is 56.1 Å². The maximum absolute atomic E-state index is 12.3. The molecule has 1 aromatic rings. The first kappa shape index (κ1) is 14.5. The van der Waals surface area contributed by atoms with Gasteiger partial charge in [0.05, 0.1) is 17.7 Å². The average Bonchev–Trinajstić information content (AvgIpc) is 2.47. The van der Waals surface area contributed by atoms with Crippen molar-refractivity contribution in [3.05, 3.63) is 29.8 Å². The van der Waals surface area contributed by atoms with Crippen LogP contribution in [0.25, 0.3) is 0 Å². The molecule has 106 valence electrons. The predicted octanol–water partition coefficient (Wildman–Crippen LogP) is 2.62. The van der Waals surface area contributed by atoms with Crippen molar-refractivity contribution in [3.63, 3.8) is 0 Å². The Bertz CT molecular complexity index is 513. The minimum atomic E-state index is -0.131. The summed E-state index contributed by atoms with van der Waals surface area (Å²) in [6, 6.07) is 8.96. The van der Waals surface area contributed by atoms with E-state index in [1.807, 2.05) is 13.0 Å². The number of hydrogen-bond acceptors (Lipinski definition) is 3. The highest BCUT2D eigenvalue weighted by molar-refractivity contribution is 5.94. The van der Waals surface area contributed by atoms with Crippen LogP contribution in [0.5, 0.6) is 0 Å². The lowest BCUT2D eigenvalue weighted by Gasteiger charge is -2.34. The molecule has 1 saturated heterocycles. The van der Waals surface area contributed by atoms with Crippen molar-refractivity contribution in [2.45, 2.75) is 32.7 Å². The van der Waals surface area contributed by atoms with Crippen molar-refractivity contribution in [3.8, 4) is 6.07 Å². The molecule has 1 aliphatic heterocycles. The summed E-state index contributed by atoms with van der Waals surface area (Å²) in [5, 5.41) is 11.8. The number of rotatable bonds is 3. The minimum absolute atomic E-state index is 0.00496. The molecular weight excluding hydrogens is 250 g/mol. The molecule has 1 heterocycles. The molecule has 1 aromatic carbocycles. The number of carbonyl (C=O) groups excluding carboxylic acids is 1. The van der Waals surface area contributed by atoms with Crippen LogP contribution in [0, 0.1) is 17.2 Å². The highest BCUT2D eigenvalue weighted by atomic mass is 16.2. The van der Waals surface area contributed by atoms with Gasteiger partial charge in [-0.05, 0) is 57.0 Å². The fraction of sp³-hybridized carbons (Fsp3) is 0.500. The normalized spacial score (nSPS) is 18.2. The molecule has 4 nitrogen and oxygen atoms in total. The van der Waals surface area contributed by atoms with Gasteiger partial charge in [0.15, 0.2) is 0 Å². The number of hydrogen-bond donors (Lipinski definition) is 1. The van der Waals surface area contributed by atoms with E-state index >= 15 is 0 Å². The van der Waals surface area contributed by atoms with Gasteiger partial charge in [-0.2, -0.15) is 5.26 Å². The molecule has 0 aliphatic carbocycles. The largest absolute Gasteiger partial charge is 0.325 e. The molecule has 0 spiro atoms. The molecule has 1 fully saturated rings. The standard InChI is InChI=1S/C16H21N3O/c1-12-6-8-19(9-7-12)13(2)16(20)18-15-5-3-4-14(10-15)11-17/h3-5,10,12-13H,6-9H2,1-2H3,(H,18,20)/t13-/m1/s1. The first-order chi connectivity index (χ1) is 9.60. The number of carbonyl (C=O) groups is 1. The SMILES string of the molecule is CC1CCN([C@H](C)C(=O)Nc2cccc(C#N)c2)CC1. The number of likely N-dealkylation sites (tertiary alicyclic amines) is 1. The van der Waals surface area contributed by atoms with E-state index in [1.165, 1.54) is 0 Å². The smallest absolute Gasteiger partial charge is 0.241 e. The fourth-order valence-electron chi connectivity index (χ4n) is 2.49. The highest BCUT2D eigenvalue weighted by Crippen LogP contribution is 2.19. The van der Waals surface area contributed by atoms with Gasteiger partial charge in [-0.15, -0.1) is 0 Å². The number of piperidine rings is 1. The highest BCUT2D eigenvalue weighted by Gasteiger charge is 2.24. The molecule has 4 heteroatoms. The Kier molecular flexibility index (Phi) is 4.75. The maximum atomic E-state index is 12.3. The zero-order valence-corrected chi connectivity index (χ0v) is 12.1. The third-order valence-electron chi connectivity index (χ3n) is 4.00. The van der Waals surface area contributed by atoms with E-state index in [-0.39, 0.29) is 11.9 Å². The minimum Gasteiger partial charge on any atom is -0.325 e. The Balaban J connectivity index is 1.95. The lowest BCUT2D eigenvalue weighted by molar-refractivity contribution is -0.121. The molecule has 1 N–H and O–H groups in total. The van der Waals surface area contributed by atoms with Gasteiger partial charge in [-0.1, -0.05) is 13.0 Å². The van der Waals surface area contributed by atoms with Crippen LogP contribution in [0.1, 0.15) is 32.3 Å². The lowest BCUT2D eigenvalue weighted by atomic mass is 9.98. The first-order valence-corrected chi connectivity index (χ1v) is 7.15. The summed E-state index contributed by atoms with van der Waals surface area (Å²) in [7, 11) is 0. The third kappa shape index (κ3) is 3.58. The van der Waals surface area contributed by atoms with Crippen LogP contribution < -0.4 is 5.32 Å². The first-order valence-electron chi connectivity index (χ1n) is 7.15. The predicted molar refractivity (Wildman–Crippen MR) is 79.2 cm³/mol. The molecule has 20 heavy (non-hydrogen) atoms. The van der Waals surface area contributed by atoms with Crippen LogP contribution >= 0.6 is 0 Å². The molecule has 0 unspecified atom stereocenters. The summed E-state index contributed by atoms with van der Waals surface area (Å²) < 4.78 is 0. The molecule has 0 bridgehead atoms. The van der Waals surface area contributed by atoms with Gasteiger partial charge in [-0.25, -0.2) is 0 Å². The molecule has 1 atom stereocenters. The van der Waals surface area contributed by atoms with E-state index in [1.54, 1.807) is 18.2 Å². The second kappa shape index (κ2) is 6.53. The van der Waals surface area contributed by atoms with Gasteiger partial charge in [0, 0.05) is 5.69 Å². The number of nitriles is 1. The zero-order valence-electron chi connectivity index (χ0n) is 12.1. The van der Waals surface area contributed by atoms with E-state index in [0.717, 1.165) is 31.8 Å². The third-order valence-corrected chi connectivity index (χ3v) is 4.00. The molecule has 0 radical (unpaired) electrons. The van der Waals surface area contributed by atoms with Crippen molar-refractivity contribution in [2.75, 3.05) is 18.4 Å². The van der Waals surface area contributed by atoms with Gasteiger partial charge in [0.1, 0.15) is 0 Å². The Morgan fingerprint density at radius 2 is 2.15 bits per heavy atom.